The van der Waals surface area contributed by atoms with Crippen LogP contribution in [0.15, 0.2) is 45.5 Å². The minimum absolute atomic E-state index is 0.168. The van der Waals surface area contributed by atoms with E-state index in [9.17, 15) is 9.18 Å². The summed E-state index contributed by atoms with van der Waals surface area (Å²) in [4.78, 5) is 14.0. The van der Waals surface area contributed by atoms with Crippen molar-refractivity contribution in [3.05, 3.63) is 52.6 Å². The van der Waals surface area contributed by atoms with Gasteiger partial charge in [-0.05, 0) is 44.3 Å². The van der Waals surface area contributed by atoms with E-state index in [2.05, 4.69) is 21.2 Å². The number of rotatable bonds is 5. The Hall–Kier alpha value is -1.66. The van der Waals surface area contributed by atoms with Crippen LogP contribution in [0, 0.1) is 5.82 Å². The number of hydrogen-bond acceptors (Lipinski definition) is 3. The van der Waals surface area contributed by atoms with Crippen LogP contribution in [0.1, 0.15) is 12.7 Å². The number of anilines is 1. The molecule has 0 aliphatic rings. The van der Waals surface area contributed by atoms with Gasteiger partial charge in [0.1, 0.15) is 11.6 Å². The quantitative estimate of drug-likeness (QED) is 0.891. The van der Waals surface area contributed by atoms with Gasteiger partial charge in [0.05, 0.1) is 24.5 Å². The van der Waals surface area contributed by atoms with Crippen molar-refractivity contribution in [1.82, 2.24) is 4.90 Å². The highest BCUT2D eigenvalue weighted by Gasteiger charge is 2.20. The van der Waals surface area contributed by atoms with E-state index in [0.717, 1.165) is 5.76 Å². The van der Waals surface area contributed by atoms with Gasteiger partial charge >= 0.3 is 0 Å². The average Bonchev–Trinajstić information content (AvgIpc) is 2.93. The fourth-order valence-electron chi connectivity index (χ4n) is 1.81. The SMILES string of the molecule is C[C@@H](C(=O)Nc1ccc(Br)cc1F)N(C)Cc1ccco1. The lowest BCUT2D eigenvalue weighted by atomic mass is 10.2. The van der Waals surface area contributed by atoms with E-state index < -0.39 is 11.9 Å². The summed E-state index contributed by atoms with van der Waals surface area (Å²) in [5.74, 6) is 0.0239. The molecule has 1 N–H and O–H groups in total. The molecule has 0 fully saturated rings. The molecule has 6 heteroatoms. The summed E-state index contributed by atoms with van der Waals surface area (Å²) >= 11 is 3.18. The van der Waals surface area contributed by atoms with Crippen molar-refractivity contribution in [3.63, 3.8) is 0 Å². The molecule has 0 unspecified atom stereocenters. The zero-order valence-electron chi connectivity index (χ0n) is 11.8. The van der Waals surface area contributed by atoms with E-state index >= 15 is 0 Å². The minimum Gasteiger partial charge on any atom is -0.468 e. The molecule has 0 spiro atoms. The molecule has 1 amide bonds. The molecule has 1 heterocycles. The third kappa shape index (κ3) is 4.15. The first kappa shape index (κ1) is 15.7. The van der Waals surface area contributed by atoms with Gasteiger partial charge in [-0.25, -0.2) is 4.39 Å². The van der Waals surface area contributed by atoms with Crippen LogP contribution in [0.2, 0.25) is 0 Å². The monoisotopic (exact) mass is 354 g/mol. The van der Waals surface area contributed by atoms with Crippen LogP contribution in [-0.2, 0) is 11.3 Å². The van der Waals surface area contributed by atoms with Gasteiger partial charge in [-0.3, -0.25) is 9.69 Å². The van der Waals surface area contributed by atoms with E-state index in [1.807, 2.05) is 18.0 Å². The third-order valence-electron chi connectivity index (χ3n) is 3.21. The zero-order valence-corrected chi connectivity index (χ0v) is 13.4. The number of nitrogens with zero attached hydrogens (tertiary/aromatic N) is 1. The van der Waals surface area contributed by atoms with Crippen LogP contribution in [0.4, 0.5) is 10.1 Å². The van der Waals surface area contributed by atoms with Crippen molar-refractivity contribution in [3.8, 4) is 0 Å². The second-order valence-electron chi connectivity index (χ2n) is 4.78. The number of nitrogens with one attached hydrogen (secondary N) is 1. The summed E-state index contributed by atoms with van der Waals surface area (Å²) < 4.78 is 19.6. The van der Waals surface area contributed by atoms with Gasteiger partial charge in [0, 0.05) is 4.47 Å². The predicted octanol–water partition coefficient (Wildman–Crippen LogP) is 3.64. The standard InChI is InChI=1S/C15H16BrFN2O2/c1-10(19(2)9-12-4-3-7-21-12)15(20)18-14-6-5-11(16)8-13(14)17/h3-8,10H,9H2,1-2H3,(H,18,20)/t10-/m0/s1. The number of benzene rings is 1. The maximum absolute atomic E-state index is 13.7. The molecule has 2 rings (SSSR count). The lowest BCUT2D eigenvalue weighted by Crippen LogP contribution is -2.39. The molecule has 0 bridgehead atoms. The second kappa shape index (κ2) is 6.87. The molecule has 0 radical (unpaired) electrons. The Kier molecular flexibility index (Phi) is 5.14. The van der Waals surface area contributed by atoms with Crippen molar-refractivity contribution >= 4 is 27.5 Å². The minimum atomic E-state index is -0.474. The van der Waals surface area contributed by atoms with Crippen LogP contribution in [0.3, 0.4) is 0 Å². The van der Waals surface area contributed by atoms with Crippen LogP contribution in [0.5, 0.6) is 0 Å². The molecule has 1 atom stereocenters. The van der Waals surface area contributed by atoms with Crippen molar-refractivity contribution in [2.75, 3.05) is 12.4 Å². The van der Waals surface area contributed by atoms with Crippen molar-refractivity contribution in [1.29, 1.82) is 0 Å². The Morgan fingerprint density at radius 3 is 2.86 bits per heavy atom. The van der Waals surface area contributed by atoms with Crippen LogP contribution < -0.4 is 5.32 Å². The summed E-state index contributed by atoms with van der Waals surface area (Å²) in [7, 11) is 1.81. The third-order valence-corrected chi connectivity index (χ3v) is 3.71. The lowest BCUT2D eigenvalue weighted by molar-refractivity contribution is -0.120. The number of halogens is 2. The molecule has 1 aromatic heterocycles. The molecule has 0 saturated heterocycles. The highest BCUT2D eigenvalue weighted by Crippen LogP contribution is 2.20. The van der Waals surface area contributed by atoms with E-state index in [-0.39, 0.29) is 11.6 Å². The van der Waals surface area contributed by atoms with Crippen LogP contribution in [-0.4, -0.2) is 23.9 Å². The van der Waals surface area contributed by atoms with E-state index in [1.54, 1.807) is 25.3 Å². The van der Waals surface area contributed by atoms with Gasteiger partial charge in [-0.2, -0.15) is 0 Å². The van der Waals surface area contributed by atoms with Gasteiger partial charge < -0.3 is 9.73 Å². The molecule has 0 aliphatic carbocycles. The molecule has 21 heavy (non-hydrogen) atoms. The topological polar surface area (TPSA) is 45.5 Å². The number of amides is 1. The molecular weight excluding hydrogens is 339 g/mol. The molecule has 0 aliphatic heterocycles. The Labute approximate surface area is 131 Å². The summed E-state index contributed by atoms with van der Waals surface area (Å²) in [6, 6.07) is 7.73. The molecule has 2 aromatic rings. The maximum atomic E-state index is 13.7. The lowest BCUT2D eigenvalue weighted by Gasteiger charge is -2.23. The molecule has 0 saturated carbocycles. The van der Waals surface area contributed by atoms with E-state index in [4.69, 9.17) is 4.42 Å². The van der Waals surface area contributed by atoms with E-state index in [1.165, 1.54) is 12.1 Å². The predicted molar refractivity (Wildman–Crippen MR) is 82.4 cm³/mol. The van der Waals surface area contributed by atoms with Crippen LogP contribution in [0.25, 0.3) is 0 Å². The normalized spacial score (nSPS) is 12.4. The number of carbonyl (C=O) groups excluding carboxylic acids is 1. The van der Waals surface area contributed by atoms with Crippen LogP contribution >= 0.6 is 15.9 Å². The summed E-state index contributed by atoms with van der Waals surface area (Å²) in [5, 5.41) is 2.59. The smallest absolute Gasteiger partial charge is 0.241 e. The molecular formula is C15H16BrFN2O2. The first-order valence-corrected chi connectivity index (χ1v) is 7.25. The van der Waals surface area contributed by atoms with Gasteiger partial charge in [-0.15, -0.1) is 0 Å². The van der Waals surface area contributed by atoms with Gasteiger partial charge in [-0.1, -0.05) is 15.9 Å². The number of hydrogen-bond donors (Lipinski definition) is 1. The van der Waals surface area contributed by atoms with Crippen molar-refractivity contribution in [2.45, 2.75) is 19.5 Å². The Balaban J connectivity index is 1.98. The number of likely N-dealkylation sites (N-methyl/N-ethyl adjacent to an activating group) is 1. The summed E-state index contributed by atoms with van der Waals surface area (Å²) in [5.41, 5.74) is 0.168. The number of furan rings is 1. The van der Waals surface area contributed by atoms with E-state index in [0.29, 0.717) is 11.0 Å². The van der Waals surface area contributed by atoms with Gasteiger partial charge in [0.25, 0.3) is 0 Å². The number of carbonyl (C=O) groups is 1. The second-order valence-corrected chi connectivity index (χ2v) is 5.70. The Morgan fingerprint density at radius 2 is 2.24 bits per heavy atom. The summed E-state index contributed by atoms with van der Waals surface area (Å²) in [6.45, 7) is 2.26. The first-order valence-electron chi connectivity index (χ1n) is 6.46. The zero-order chi connectivity index (χ0) is 15.4. The van der Waals surface area contributed by atoms with Crippen molar-refractivity contribution in [2.24, 2.45) is 0 Å². The summed E-state index contributed by atoms with van der Waals surface area (Å²) in [6.07, 6.45) is 1.59. The average molecular weight is 355 g/mol. The largest absolute Gasteiger partial charge is 0.468 e. The highest BCUT2D eigenvalue weighted by atomic mass is 79.9. The Bertz CT molecular complexity index is 616. The van der Waals surface area contributed by atoms with Gasteiger partial charge in [0.15, 0.2) is 0 Å². The molecule has 1 aromatic carbocycles. The Morgan fingerprint density at radius 1 is 1.48 bits per heavy atom. The highest BCUT2D eigenvalue weighted by molar-refractivity contribution is 9.10. The van der Waals surface area contributed by atoms with Gasteiger partial charge in [0.2, 0.25) is 5.91 Å². The maximum Gasteiger partial charge on any atom is 0.241 e. The van der Waals surface area contributed by atoms with Crippen molar-refractivity contribution < 1.29 is 13.6 Å². The fraction of sp³-hybridized carbons (Fsp3) is 0.267. The fourth-order valence-corrected chi connectivity index (χ4v) is 2.15. The molecule has 112 valence electrons. The first-order chi connectivity index (χ1) is 9.97. The molecule has 4 nitrogen and oxygen atoms in total.